The van der Waals surface area contributed by atoms with Crippen LogP contribution in [0.1, 0.15) is 30.3 Å². The predicted octanol–water partition coefficient (Wildman–Crippen LogP) is 3.23. The topological polar surface area (TPSA) is 20.3 Å². The Hall–Kier alpha value is -0.960. The molecule has 1 aliphatic rings. The Kier molecular flexibility index (Phi) is 3.77. The van der Waals surface area contributed by atoms with Crippen LogP contribution in [0.2, 0.25) is 0 Å². The third kappa shape index (κ3) is 2.65. The highest BCUT2D eigenvalue weighted by atomic mass is 32.2. The van der Waals surface area contributed by atoms with Crippen molar-refractivity contribution in [1.82, 2.24) is 4.90 Å². The van der Waals surface area contributed by atoms with Gasteiger partial charge in [0.05, 0.1) is 5.75 Å². The molecule has 1 heterocycles. The van der Waals surface area contributed by atoms with Crippen LogP contribution in [0.5, 0.6) is 0 Å². The lowest BCUT2D eigenvalue weighted by Gasteiger charge is -2.26. The van der Waals surface area contributed by atoms with Crippen LogP contribution in [0.4, 0.5) is 0 Å². The highest BCUT2D eigenvalue weighted by Gasteiger charge is 2.33. The van der Waals surface area contributed by atoms with Crippen LogP contribution >= 0.6 is 11.8 Å². The van der Waals surface area contributed by atoms with Crippen LogP contribution < -0.4 is 0 Å². The van der Waals surface area contributed by atoms with Crippen LogP contribution in [-0.4, -0.2) is 23.1 Å². The van der Waals surface area contributed by atoms with Crippen LogP contribution in [0, 0.1) is 12.8 Å². The summed E-state index contributed by atoms with van der Waals surface area (Å²) in [4.78, 5) is 13.9. The van der Waals surface area contributed by atoms with Crippen molar-refractivity contribution in [3.8, 4) is 0 Å². The second kappa shape index (κ2) is 5.13. The van der Waals surface area contributed by atoms with E-state index in [2.05, 4.69) is 39.0 Å². The number of hydrogen-bond donors (Lipinski definition) is 0. The molecule has 0 N–H and O–H groups in total. The number of thioether (sulfide) groups is 1. The Bertz CT molecular complexity index is 416. The molecule has 2 rings (SSSR count). The molecule has 17 heavy (non-hydrogen) atoms. The molecule has 2 nitrogen and oxygen atoms in total. The van der Waals surface area contributed by atoms with Crippen LogP contribution in [0.15, 0.2) is 24.3 Å². The Morgan fingerprint density at radius 1 is 1.41 bits per heavy atom. The van der Waals surface area contributed by atoms with Gasteiger partial charge in [0.1, 0.15) is 5.37 Å². The number of benzene rings is 1. The fraction of sp³-hybridized carbons (Fsp3) is 0.500. The van der Waals surface area contributed by atoms with Gasteiger partial charge in [-0.15, -0.1) is 11.8 Å². The lowest BCUT2D eigenvalue weighted by atomic mass is 10.1. The molecule has 1 fully saturated rings. The molecular weight excluding hydrogens is 230 g/mol. The molecular formula is C14H19NOS. The maximum atomic E-state index is 11.9. The van der Waals surface area contributed by atoms with E-state index in [1.54, 1.807) is 11.8 Å². The molecule has 0 aliphatic carbocycles. The minimum atomic E-state index is 0.214. The lowest BCUT2D eigenvalue weighted by molar-refractivity contribution is -0.128. The Balaban J connectivity index is 2.25. The van der Waals surface area contributed by atoms with Gasteiger partial charge in [-0.2, -0.15) is 0 Å². The molecule has 1 saturated heterocycles. The molecule has 1 atom stereocenters. The quantitative estimate of drug-likeness (QED) is 0.819. The summed E-state index contributed by atoms with van der Waals surface area (Å²) < 4.78 is 0. The average Bonchev–Trinajstić information content (AvgIpc) is 2.61. The van der Waals surface area contributed by atoms with E-state index in [9.17, 15) is 4.79 Å². The fourth-order valence-corrected chi connectivity index (χ4v) is 3.46. The number of hydrogen-bond acceptors (Lipinski definition) is 2. The molecule has 1 amide bonds. The first-order valence-electron chi connectivity index (χ1n) is 6.06. The number of rotatable bonds is 3. The number of aryl methyl sites for hydroxylation is 1. The van der Waals surface area contributed by atoms with Crippen LogP contribution in [0.3, 0.4) is 0 Å². The van der Waals surface area contributed by atoms with Gasteiger partial charge in [0.15, 0.2) is 0 Å². The first-order chi connectivity index (χ1) is 8.09. The Labute approximate surface area is 107 Å². The zero-order valence-corrected chi connectivity index (χ0v) is 11.5. The van der Waals surface area contributed by atoms with E-state index in [1.165, 1.54) is 11.1 Å². The van der Waals surface area contributed by atoms with Crippen molar-refractivity contribution in [2.45, 2.75) is 26.1 Å². The molecule has 1 aromatic carbocycles. The van der Waals surface area contributed by atoms with E-state index in [0.717, 1.165) is 6.54 Å². The second-order valence-corrected chi connectivity index (χ2v) is 6.03. The van der Waals surface area contributed by atoms with Crippen molar-refractivity contribution >= 4 is 17.7 Å². The minimum absolute atomic E-state index is 0.214. The third-order valence-electron chi connectivity index (χ3n) is 2.98. The first kappa shape index (κ1) is 12.5. The normalized spacial score (nSPS) is 20.4. The summed E-state index contributed by atoms with van der Waals surface area (Å²) >= 11 is 1.74. The molecule has 0 bridgehead atoms. The average molecular weight is 249 g/mol. The van der Waals surface area contributed by atoms with Gasteiger partial charge in [-0.05, 0) is 24.0 Å². The molecule has 3 heteroatoms. The maximum absolute atomic E-state index is 11.9. The highest BCUT2D eigenvalue weighted by molar-refractivity contribution is 8.00. The van der Waals surface area contributed by atoms with E-state index < -0.39 is 0 Å². The van der Waals surface area contributed by atoms with E-state index in [-0.39, 0.29) is 11.3 Å². The zero-order chi connectivity index (χ0) is 12.4. The van der Waals surface area contributed by atoms with Crippen molar-refractivity contribution < 1.29 is 4.79 Å². The smallest absolute Gasteiger partial charge is 0.233 e. The van der Waals surface area contributed by atoms with Gasteiger partial charge in [0, 0.05) is 6.54 Å². The summed E-state index contributed by atoms with van der Waals surface area (Å²) in [5, 5.41) is 0.214. The van der Waals surface area contributed by atoms with E-state index in [1.807, 2.05) is 11.0 Å². The molecule has 0 spiro atoms. The zero-order valence-electron chi connectivity index (χ0n) is 10.6. The number of carbonyl (C=O) groups is 1. The lowest BCUT2D eigenvalue weighted by Crippen LogP contribution is -2.31. The van der Waals surface area contributed by atoms with Gasteiger partial charge in [-0.1, -0.05) is 38.1 Å². The summed E-state index contributed by atoms with van der Waals surface area (Å²) in [6, 6.07) is 8.36. The number of nitrogens with zero attached hydrogens (tertiary/aromatic N) is 1. The van der Waals surface area contributed by atoms with Gasteiger partial charge in [0.2, 0.25) is 5.91 Å². The van der Waals surface area contributed by atoms with Gasteiger partial charge in [-0.25, -0.2) is 0 Å². The fourth-order valence-electron chi connectivity index (χ4n) is 2.17. The standard InChI is InChI=1S/C14H19NOS/c1-10(2)8-15-13(16)9-17-14(15)12-7-5-4-6-11(12)3/h4-7,10,14H,8-9H2,1-3H3. The number of amides is 1. The molecule has 0 radical (unpaired) electrons. The monoisotopic (exact) mass is 249 g/mol. The highest BCUT2D eigenvalue weighted by Crippen LogP contribution is 2.40. The van der Waals surface area contributed by atoms with E-state index in [0.29, 0.717) is 11.7 Å². The molecule has 92 valence electrons. The van der Waals surface area contributed by atoms with Crippen LogP contribution in [-0.2, 0) is 4.79 Å². The summed E-state index contributed by atoms with van der Waals surface area (Å²) in [5.74, 6) is 1.41. The second-order valence-electron chi connectivity index (χ2n) is 4.96. The Morgan fingerprint density at radius 2 is 2.12 bits per heavy atom. The van der Waals surface area contributed by atoms with Crippen molar-refractivity contribution in [3.63, 3.8) is 0 Å². The third-order valence-corrected chi connectivity index (χ3v) is 4.22. The number of carbonyl (C=O) groups excluding carboxylic acids is 1. The molecule has 1 aromatic rings. The summed E-state index contributed by atoms with van der Waals surface area (Å²) in [6.07, 6.45) is 0. The SMILES string of the molecule is Cc1ccccc1C1SCC(=O)N1CC(C)C. The molecule has 0 saturated carbocycles. The predicted molar refractivity (Wildman–Crippen MR) is 72.9 cm³/mol. The molecule has 1 unspecified atom stereocenters. The van der Waals surface area contributed by atoms with Gasteiger partial charge < -0.3 is 4.90 Å². The molecule has 0 aromatic heterocycles. The van der Waals surface area contributed by atoms with Crippen molar-refractivity contribution in [3.05, 3.63) is 35.4 Å². The van der Waals surface area contributed by atoms with Gasteiger partial charge >= 0.3 is 0 Å². The maximum Gasteiger partial charge on any atom is 0.233 e. The van der Waals surface area contributed by atoms with Crippen molar-refractivity contribution in [2.75, 3.05) is 12.3 Å². The summed E-state index contributed by atoms with van der Waals surface area (Å²) in [7, 11) is 0. The summed E-state index contributed by atoms with van der Waals surface area (Å²) in [5.41, 5.74) is 2.55. The molecule has 1 aliphatic heterocycles. The van der Waals surface area contributed by atoms with Crippen LogP contribution in [0.25, 0.3) is 0 Å². The minimum Gasteiger partial charge on any atom is -0.326 e. The summed E-state index contributed by atoms with van der Waals surface area (Å²) in [6.45, 7) is 7.29. The largest absolute Gasteiger partial charge is 0.326 e. The van der Waals surface area contributed by atoms with E-state index in [4.69, 9.17) is 0 Å². The van der Waals surface area contributed by atoms with E-state index >= 15 is 0 Å². The van der Waals surface area contributed by atoms with Crippen molar-refractivity contribution in [1.29, 1.82) is 0 Å². The first-order valence-corrected chi connectivity index (χ1v) is 7.11. The van der Waals surface area contributed by atoms with Crippen molar-refractivity contribution in [2.24, 2.45) is 5.92 Å². The van der Waals surface area contributed by atoms with Gasteiger partial charge in [-0.3, -0.25) is 4.79 Å². The van der Waals surface area contributed by atoms with Gasteiger partial charge in [0.25, 0.3) is 0 Å². The Morgan fingerprint density at radius 3 is 2.76 bits per heavy atom.